The van der Waals surface area contributed by atoms with E-state index in [0.717, 1.165) is 6.92 Å². The zero-order chi connectivity index (χ0) is 12.7. The SMILES string of the molecule is CC(=O)N(CC(=O)N(CC(=O)O)N=O)N=O. The molecule has 0 unspecified atom stereocenters. The summed E-state index contributed by atoms with van der Waals surface area (Å²) in [7, 11) is 0. The van der Waals surface area contributed by atoms with Gasteiger partial charge in [0.05, 0.1) is 10.6 Å². The molecule has 10 heteroatoms. The Kier molecular flexibility index (Phi) is 5.24. The minimum absolute atomic E-state index is 0.0729. The number of carbonyl (C=O) groups excluding carboxylic acids is 2. The van der Waals surface area contributed by atoms with E-state index in [9.17, 15) is 24.2 Å². The molecule has 0 radical (unpaired) electrons. The third kappa shape index (κ3) is 4.21. The molecule has 88 valence electrons. The number of hydrogen-bond donors (Lipinski definition) is 1. The van der Waals surface area contributed by atoms with E-state index < -0.39 is 30.9 Å². The van der Waals surface area contributed by atoms with Gasteiger partial charge in [0.1, 0.15) is 13.1 Å². The average molecular weight is 232 g/mol. The van der Waals surface area contributed by atoms with Crippen molar-refractivity contribution in [2.75, 3.05) is 13.1 Å². The second-order valence-electron chi connectivity index (χ2n) is 2.59. The lowest BCUT2D eigenvalue weighted by Gasteiger charge is -2.14. The van der Waals surface area contributed by atoms with Gasteiger partial charge in [-0.25, -0.2) is 0 Å². The van der Waals surface area contributed by atoms with Crippen molar-refractivity contribution in [3.05, 3.63) is 9.81 Å². The highest BCUT2D eigenvalue weighted by Gasteiger charge is 2.22. The van der Waals surface area contributed by atoms with Crippen LogP contribution in [-0.4, -0.2) is 46.0 Å². The molecule has 0 aliphatic carbocycles. The van der Waals surface area contributed by atoms with Crippen LogP contribution in [0.5, 0.6) is 0 Å². The summed E-state index contributed by atoms with van der Waals surface area (Å²) in [5.41, 5.74) is 0. The summed E-state index contributed by atoms with van der Waals surface area (Å²) >= 11 is 0. The largest absolute Gasteiger partial charge is 0.480 e. The Morgan fingerprint density at radius 2 is 1.56 bits per heavy atom. The minimum Gasteiger partial charge on any atom is -0.480 e. The van der Waals surface area contributed by atoms with Crippen LogP contribution in [0.2, 0.25) is 0 Å². The van der Waals surface area contributed by atoms with Gasteiger partial charge in [0.2, 0.25) is 5.91 Å². The first kappa shape index (κ1) is 13.6. The summed E-state index contributed by atoms with van der Waals surface area (Å²) in [6.07, 6.45) is 0. The van der Waals surface area contributed by atoms with Gasteiger partial charge in [-0.05, 0) is 0 Å². The molecule has 1 N–H and O–H groups in total. The van der Waals surface area contributed by atoms with Crippen molar-refractivity contribution in [3.8, 4) is 0 Å². The summed E-state index contributed by atoms with van der Waals surface area (Å²) in [6.45, 7) is -0.810. The highest BCUT2D eigenvalue weighted by atomic mass is 16.4. The number of aliphatic carboxylic acids is 1. The molecule has 0 bridgehead atoms. The number of carboxylic acid groups (broad SMARTS) is 1. The van der Waals surface area contributed by atoms with Crippen LogP contribution < -0.4 is 0 Å². The Hall–Kier alpha value is -2.39. The second kappa shape index (κ2) is 6.16. The molecular weight excluding hydrogens is 224 g/mol. The molecule has 0 aromatic carbocycles. The number of hydrogen-bond acceptors (Lipinski definition) is 7. The fourth-order valence-electron chi connectivity index (χ4n) is 0.698. The smallest absolute Gasteiger partial charge is 0.325 e. The lowest BCUT2D eigenvalue weighted by atomic mass is 10.5. The van der Waals surface area contributed by atoms with Crippen molar-refractivity contribution in [1.29, 1.82) is 0 Å². The first-order chi connectivity index (χ1) is 7.42. The van der Waals surface area contributed by atoms with E-state index in [1.54, 1.807) is 0 Å². The maximum absolute atomic E-state index is 11.2. The van der Waals surface area contributed by atoms with Crippen LogP contribution in [0.25, 0.3) is 0 Å². The Morgan fingerprint density at radius 1 is 1.06 bits per heavy atom. The molecule has 0 aliphatic heterocycles. The Morgan fingerprint density at radius 3 is 1.88 bits per heavy atom. The molecule has 10 nitrogen and oxygen atoms in total. The molecule has 0 spiro atoms. The topological polar surface area (TPSA) is 137 Å². The zero-order valence-corrected chi connectivity index (χ0v) is 8.19. The third-order valence-electron chi connectivity index (χ3n) is 1.42. The van der Waals surface area contributed by atoms with Gasteiger partial charge in [-0.2, -0.15) is 10.0 Å². The van der Waals surface area contributed by atoms with Gasteiger partial charge < -0.3 is 5.11 Å². The second-order valence-corrected chi connectivity index (χ2v) is 2.59. The van der Waals surface area contributed by atoms with Crippen LogP contribution in [0.1, 0.15) is 6.92 Å². The average Bonchev–Trinajstić information content (AvgIpc) is 2.21. The van der Waals surface area contributed by atoms with Crippen molar-refractivity contribution in [2.45, 2.75) is 6.92 Å². The zero-order valence-electron chi connectivity index (χ0n) is 8.19. The van der Waals surface area contributed by atoms with Crippen molar-refractivity contribution in [2.24, 2.45) is 10.6 Å². The summed E-state index contributed by atoms with van der Waals surface area (Å²) in [4.78, 5) is 52.2. The molecule has 0 saturated carbocycles. The van der Waals surface area contributed by atoms with Gasteiger partial charge in [0.15, 0.2) is 0 Å². The molecule has 2 amide bonds. The van der Waals surface area contributed by atoms with Crippen molar-refractivity contribution in [3.63, 3.8) is 0 Å². The van der Waals surface area contributed by atoms with Gasteiger partial charge in [0.25, 0.3) is 5.91 Å². The standard InChI is InChI=1S/C6H8N4O6/c1-4(11)9(7-15)2-5(12)10(8-16)3-6(13)14/h2-3H2,1H3,(H,13,14). The van der Waals surface area contributed by atoms with Crippen molar-refractivity contribution < 1.29 is 19.5 Å². The maximum Gasteiger partial charge on any atom is 0.325 e. The minimum atomic E-state index is -1.46. The van der Waals surface area contributed by atoms with E-state index in [-0.39, 0.29) is 10.0 Å². The molecule has 0 aliphatic rings. The predicted molar refractivity (Wildman–Crippen MR) is 48.3 cm³/mol. The summed E-state index contributed by atoms with van der Waals surface area (Å²) in [6, 6.07) is 0. The molecule has 0 aromatic rings. The Bertz CT molecular complexity index is 329. The van der Waals surface area contributed by atoms with Gasteiger partial charge in [-0.15, -0.1) is 9.81 Å². The molecular formula is C6H8N4O6. The van der Waals surface area contributed by atoms with Crippen LogP contribution in [0.4, 0.5) is 0 Å². The number of nitroso groups, excluding NO2 is 2. The van der Waals surface area contributed by atoms with Gasteiger partial charge >= 0.3 is 5.97 Å². The highest BCUT2D eigenvalue weighted by molar-refractivity contribution is 5.85. The van der Waals surface area contributed by atoms with E-state index in [2.05, 4.69) is 10.6 Å². The first-order valence-corrected chi connectivity index (χ1v) is 3.89. The molecule has 0 heterocycles. The number of carbonyl (C=O) groups is 3. The maximum atomic E-state index is 11.2. The van der Waals surface area contributed by atoms with Crippen LogP contribution in [-0.2, 0) is 14.4 Å². The van der Waals surface area contributed by atoms with Gasteiger partial charge in [-0.1, -0.05) is 0 Å². The highest BCUT2D eigenvalue weighted by Crippen LogP contribution is 1.96. The monoisotopic (exact) mass is 232 g/mol. The predicted octanol–water partition coefficient (Wildman–Crippen LogP) is -0.889. The fourth-order valence-corrected chi connectivity index (χ4v) is 0.698. The quantitative estimate of drug-likeness (QED) is 0.465. The van der Waals surface area contributed by atoms with Crippen LogP contribution in [0.3, 0.4) is 0 Å². The number of rotatable bonds is 6. The summed E-state index contributed by atoms with van der Waals surface area (Å²) < 4.78 is 0. The lowest BCUT2D eigenvalue weighted by Crippen LogP contribution is -2.39. The Balaban J connectivity index is 4.52. The van der Waals surface area contributed by atoms with Crippen LogP contribution in [0.15, 0.2) is 10.6 Å². The van der Waals surface area contributed by atoms with E-state index in [1.807, 2.05) is 0 Å². The molecule has 0 fully saturated rings. The van der Waals surface area contributed by atoms with E-state index >= 15 is 0 Å². The number of amides is 2. The first-order valence-electron chi connectivity index (χ1n) is 3.89. The van der Waals surface area contributed by atoms with Crippen LogP contribution in [0, 0.1) is 9.81 Å². The van der Waals surface area contributed by atoms with E-state index in [1.165, 1.54) is 0 Å². The normalized spacial score (nSPS) is 9.06. The van der Waals surface area contributed by atoms with Crippen LogP contribution >= 0.6 is 0 Å². The molecule has 0 atom stereocenters. The van der Waals surface area contributed by atoms with E-state index in [4.69, 9.17) is 5.11 Å². The molecule has 16 heavy (non-hydrogen) atoms. The Labute approximate surface area is 88.7 Å². The molecule has 0 aromatic heterocycles. The number of nitrogens with zero attached hydrogens (tertiary/aromatic N) is 4. The van der Waals surface area contributed by atoms with Gasteiger partial charge in [-0.3, -0.25) is 14.4 Å². The molecule has 0 saturated heterocycles. The van der Waals surface area contributed by atoms with Gasteiger partial charge in [0, 0.05) is 6.92 Å². The third-order valence-corrected chi connectivity index (χ3v) is 1.42. The fraction of sp³-hybridized carbons (Fsp3) is 0.500. The summed E-state index contributed by atoms with van der Waals surface area (Å²) in [5, 5.41) is 13.0. The summed E-state index contributed by atoms with van der Waals surface area (Å²) in [5.74, 6) is -3.39. The number of carboxylic acids is 1. The lowest BCUT2D eigenvalue weighted by molar-refractivity contribution is -0.146. The molecule has 0 rings (SSSR count). The van der Waals surface area contributed by atoms with E-state index in [0.29, 0.717) is 0 Å². The van der Waals surface area contributed by atoms with Crippen molar-refractivity contribution >= 4 is 17.8 Å². The van der Waals surface area contributed by atoms with Crippen molar-refractivity contribution in [1.82, 2.24) is 10.0 Å².